The van der Waals surface area contributed by atoms with E-state index in [1.54, 1.807) is 0 Å². The second-order valence-corrected chi connectivity index (χ2v) is 7.42. The van der Waals surface area contributed by atoms with E-state index >= 15 is 0 Å². The molecule has 3 rings (SSSR count). The fraction of sp³-hybridized carbons (Fsp3) is 0.647. The molecular formula is C17H24O3. The number of fused-ring (bicyclic) bond motifs is 1. The molecule has 1 aromatic rings. The number of aromatic hydroxyl groups is 1. The highest BCUT2D eigenvalue weighted by Crippen LogP contribution is 2.52. The van der Waals surface area contributed by atoms with Crippen molar-refractivity contribution in [3.05, 3.63) is 22.8 Å². The van der Waals surface area contributed by atoms with Crippen molar-refractivity contribution < 1.29 is 14.9 Å². The van der Waals surface area contributed by atoms with Crippen molar-refractivity contribution in [2.45, 2.75) is 70.5 Å². The third-order valence-corrected chi connectivity index (χ3v) is 4.85. The first kappa shape index (κ1) is 13.7. The quantitative estimate of drug-likeness (QED) is 0.759. The number of ether oxygens (including phenoxy) is 1. The number of phenols is 1. The zero-order valence-electron chi connectivity index (χ0n) is 12.8. The molecule has 0 saturated heterocycles. The molecule has 1 aliphatic carbocycles. The molecule has 0 amide bonds. The van der Waals surface area contributed by atoms with Gasteiger partial charge in [0.2, 0.25) is 0 Å². The summed E-state index contributed by atoms with van der Waals surface area (Å²) in [6.07, 6.45) is 3.34. The van der Waals surface area contributed by atoms with Crippen LogP contribution >= 0.6 is 0 Å². The highest BCUT2D eigenvalue weighted by molar-refractivity contribution is 5.56. The molecule has 1 heterocycles. The van der Waals surface area contributed by atoms with E-state index < -0.39 is 6.10 Å². The number of benzene rings is 1. The lowest BCUT2D eigenvalue weighted by Gasteiger charge is -2.47. The maximum Gasteiger partial charge on any atom is 0.126 e. The Labute approximate surface area is 120 Å². The third kappa shape index (κ3) is 1.91. The Kier molecular flexibility index (Phi) is 2.85. The summed E-state index contributed by atoms with van der Waals surface area (Å²) in [6, 6.07) is 1.93. The van der Waals surface area contributed by atoms with Gasteiger partial charge in [-0.05, 0) is 37.7 Å². The lowest BCUT2D eigenvalue weighted by Crippen LogP contribution is -2.47. The maximum atomic E-state index is 10.5. The maximum absolute atomic E-state index is 10.5. The molecule has 2 N–H and O–H groups in total. The molecule has 1 aromatic carbocycles. The van der Waals surface area contributed by atoms with E-state index in [1.807, 2.05) is 13.0 Å². The molecule has 2 aliphatic rings. The zero-order valence-corrected chi connectivity index (χ0v) is 12.8. The molecule has 110 valence electrons. The number of hydrogen-bond acceptors (Lipinski definition) is 3. The molecule has 1 saturated carbocycles. The van der Waals surface area contributed by atoms with Crippen LogP contribution in [0, 0.1) is 6.92 Å². The second-order valence-electron chi connectivity index (χ2n) is 7.42. The molecule has 3 heteroatoms. The number of phenolic OH excluding ortho intramolecular Hbond substituents is 1. The van der Waals surface area contributed by atoms with Crippen molar-refractivity contribution in [2.75, 3.05) is 0 Å². The minimum absolute atomic E-state index is 0.150. The van der Waals surface area contributed by atoms with Crippen molar-refractivity contribution in [1.29, 1.82) is 0 Å². The van der Waals surface area contributed by atoms with Crippen LogP contribution in [0.3, 0.4) is 0 Å². The highest BCUT2D eigenvalue weighted by atomic mass is 16.5. The first-order chi connectivity index (χ1) is 9.23. The fourth-order valence-electron chi connectivity index (χ4n) is 3.47. The normalized spacial score (nSPS) is 23.9. The van der Waals surface area contributed by atoms with E-state index in [0.29, 0.717) is 12.2 Å². The predicted molar refractivity (Wildman–Crippen MR) is 78.3 cm³/mol. The Morgan fingerprint density at radius 3 is 2.45 bits per heavy atom. The monoisotopic (exact) mass is 276 g/mol. The summed E-state index contributed by atoms with van der Waals surface area (Å²) < 4.78 is 6.23. The Morgan fingerprint density at radius 2 is 1.95 bits per heavy atom. The van der Waals surface area contributed by atoms with Gasteiger partial charge in [-0.25, -0.2) is 0 Å². The van der Waals surface area contributed by atoms with Gasteiger partial charge in [0.05, 0.1) is 6.10 Å². The van der Waals surface area contributed by atoms with Crippen LogP contribution in [0.1, 0.15) is 69.2 Å². The Morgan fingerprint density at radius 1 is 1.30 bits per heavy atom. The van der Waals surface area contributed by atoms with Gasteiger partial charge in [0.25, 0.3) is 0 Å². The van der Waals surface area contributed by atoms with Crippen LogP contribution in [0.15, 0.2) is 6.07 Å². The van der Waals surface area contributed by atoms with Crippen molar-refractivity contribution in [3.63, 3.8) is 0 Å². The van der Waals surface area contributed by atoms with Gasteiger partial charge in [0.1, 0.15) is 17.1 Å². The molecule has 1 fully saturated rings. The van der Waals surface area contributed by atoms with Crippen LogP contribution in [0.2, 0.25) is 0 Å². The lowest BCUT2D eigenvalue weighted by atomic mass is 9.72. The van der Waals surface area contributed by atoms with Gasteiger partial charge >= 0.3 is 0 Å². The molecule has 1 aliphatic heterocycles. The smallest absolute Gasteiger partial charge is 0.126 e. The minimum Gasteiger partial charge on any atom is -0.507 e. The van der Waals surface area contributed by atoms with Gasteiger partial charge < -0.3 is 14.9 Å². The summed E-state index contributed by atoms with van der Waals surface area (Å²) in [5.41, 5.74) is 2.10. The third-order valence-electron chi connectivity index (χ3n) is 4.85. The Bertz CT molecular complexity index is 550. The van der Waals surface area contributed by atoms with E-state index in [9.17, 15) is 10.2 Å². The van der Waals surface area contributed by atoms with Crippen molar-refractivity contribution in [1.82, 2.24) is 0 Å². The van der Waals surface area contributed by atoms with E-state index in [2.05, 4.69) is 20.8 Å². The summed E-state index contributed by atoms with van der Waals surface area (Å²) in [4.78, 5) is 0. The first-order valence-corrected chi connectivity index (χ1v) is 7.47. The molecule has 1 spiro atoms. The standard InChI is InChI=1S/C17H24O3/c1-10-14-12(18)9-17(6-5-7-17)20-13(14)8-11(15(10)19)16(2,3)4/h8,12,18-19H,5-7,9H2,1-4H3. The van der Waals surface area contributed by atoms with Gasteiger partial charge in [0.15, 0.2) is 0 Å². The zero-order chi connectivity index (χ0) is 14.7. The van der Waals surface area contributed by atoms with E-state index in [1.165, 1.54) is 6.42 Å². The molecule has 0 aromatic heterocycles. The first-order valence-electron chi connectivity index (χ1n) is 7.47. The summed E-state index contributed by atoms with van der Waals surface area (Å²) in [7, 11) is 0. The van der Waals surface area contributed by atoms with Gasteiger partial charge in [0, 0.05) is 23.1 Å². The summed E-state index contributed by atoms with van der Waals surface area (Å²) in [6.45, 7) is 8.10. The van der Waals surface area contributed by atoms with E-state index in [0.717, 1.165) is 35.3 Å². The van der Waals surface area contributed by atoms with Crippen molar-refractivity contribution in [2.24, 2.45) is 0 Å². The Balaban J connectivity index is 2.14. The van der Waals surface area contributed by atoms with E-state index in [4.69, 9.17) is 4.74 Å². The Hall–Kier alpha value is -1.22. The van der Waals surface area contributed by atoms with Gasteiger partial charge in [-0.15, -0.1) is 0 Å². The van der Waals surface area contributed by atoms with Crippen molar-refractivity contribution >= 4 is 0 Å². The number of rotatable bonds is 0. The van der Waals surface area contributed by atoms with Crippen molar-refractivity contribution in [3.8, 4) is 11.5 Å². The SMILES string of the molecule is Cc1c(O)c(C(C)(C)C)cc2c1C(O)CC1(CCC1)O2. The summed E-state index contributed by atoms with van der Waals surface area (Å²) in [5.74, 6) is 1.06. The molecule has 0 bridgehead atoms. The summed E-state index contributed by atoms with van der Waals surface area (Å²) >= 11 is 0. The van der Waals surface area contributed by atoms with Gasteiger partial charge in [-0.1, -0.05) is 20.8 Å². The largest absolute Gasteiger partial charge is 0.507 e. The van der Waals surface area contributed by atoms with Crippen LogP contribution in [0.25, 0.3) is 0 Å². The number of aliphatic hydroxyl groups excluding tert-OH is 1. The summed E-state index contributed by atoms with van der Waals surface area (Å²) in [5, 5.41) is 20.9. The molecule has 3 nitrogen and oxygen atoms in total. The fourth-order valence-corrected chi connectivity index (χ4v) is 3.47. The molecule has 0 radical (unpaired) electrons. The van der Waals surface area contributed by atoms with Crippen LogP contribution in [0.4, 0.5) is 0 Å². The second kappa shape index (κ2) is 4.14. The molecule has 1 unspecified atom stereocenters. The van der Waals surface area contributed by atoms with E-state index in [-0.39, 0.29) is 11.0 Å². The topological polar surface area (TPSA) is 49.7 Å². The van der Waals surface area contributed by atoms with Crippen LogP contribution in [-0.2, 0) is 5.41 Å². The average molecular weight is 276 g/mol. The molecule has 1 atom stereocenters. The average Bonchev–Trinajstić information content (AvgIpc) is 2.29. The lowest BCUT2D eigenvalue weighted by molar-refractivity contribution is -0.0668. The number of hydrogen-bond donors (Lipinski definition) is 2. The predicted octanol–water partition coefficient (Wildman–Crippen LogP) is 3.74. The molecular weight excluding hydrogens is 252 g/mol. The minimum atomic E-state index is -0.529. The van der Waals surface area contributed by atoms with Gasteiger partial charge in [-0.3, -0.25) is 0 Å². The highest BCUT2D eigenvalue weighted by Gasteiger charge is 2.46. The van der Waals surface area contributed by atoms with Crippen LogP contribution < -0.4 is 4.74 Å². The van der Waals surface area contributed by atoms with Crippen LogP contribution in [-0.4, -0.2) is 15.8 Å². The van der Waals surface area contributed by atoms with Crippen LogP contribution in [0.5, 0.6) is 11.5 Å². The number of aliphatic hydroxyl groups is 1. The molecule has 20 heavy (non-hydrogen) atoms. The van der Waals surface area contributed by atoms with Gasteiger partial charge in [-0.2, -0.15) is 0 Å².